The Balaban J connectivity index is 0.794. The van der Waals surface area contributed by atoms with Gasteiger partial charge < -0.3 is 20.1 Å². The average molecular weight is 729 g/mol. The maximum atomic E-state index is 13.4. The van der Waals surface area contributed by atoms with E-state index >= 15 is 0 Å². The van der Waals surface area contributed by atoms with E-state index in [0.29, 0.717) is 24.4 Å². The Kier molecular flexibility index (Phi) is 8.76. The van der Waals surface area contributed by atoms with E-state index in [-0.39, 0.29) is 23.9 Å². The summed E-state index contributed by atoms with van der Waals surface area (Å²) in [6.45, 7) is 7.34. The van der Waals surface area contributed by atoms with Crippen LogP contribution in [0.5, 0.6) is 0 Å². The molecule has 14 heteroatoms. The number of anilines is 2. The van der Waals surface area contributed by atoms with Gasteiger partial charge in [0.15, 0.2) is 0 Å². The molecule has 9 rings (SSSR count). The number of imidazole rings is 1. The molecule has 0 saturated carbocycles. The molecule has 0 radical (unpaired) electrons. The van der Waals surface area contributed by atoms with E-state index in [9.17, 15) is 19.2 Å². The number of carbonyl (C=O) groups is 3. The number of piperazine rings is 1. The van der Waals surface area contributed by atoms with Crippen LogP contribution in [0, 0.1) is 5.92 Å². The van der Waals surface area contributed by atoms with Gasteiger partial charge in [-0.05, 0) is 67.6 Å². The number of carbonyl (C=O) groups excluding carboxylic acids is 3. The molecule has 4 aromatic heterocycles. The number of hydrogen-bond acceptors (Lipinski definition) is 9. The molecule has 1 unspecified atom stereocenters. The molecule has 8 heterocycles. The number of nitrogens with one attached hydrogen (secondary N) is 3. The highest BCUT2D eigenvalue weighted by Crippen LogP contribution is 2.33. The molecule has 3 fully saturated rings. The van der Waals surface area contributed by atoms with Crippen molar-refractivity contribution >= 4 is 40.3 Å². The Labute approximate surface area is 312 Å². The zero-order valence-electron chi connectivity index (χ0n) is 30.4. The number of rotatable bonds is 7. The summed E-state index contributed by atoms with van der Waals surface area (Å²) < 4.78 is 3.21. The summed E-state index contributed by atoms with van der Waals surface area (Å²) in [5.74, 6) is 0.833. The van der Waals surface area contributed by atoms with Gasteiger partial charge >= 0.3 is 5.69 Å². The molecule has 3 amide bonds. The number of imide groups is 1. The summed E-state index contributed by atoms with van der Waals surface area (Å²) in [5.41, 5.74) is 7.72. The minimum absolute atomic E-state index is 0.0294. The Bertz CT molecular complexity index is 2310. The highest BCUT2D eigenvalue weighted by atomic mass is 16.2. The normalized spacial score (nSPS) is 19.9. The van der Waals surface area contributed by atoms with E-state index < -0.39 is 11.9 Å². The molecule has 5 aromatic rings. The third-order valence-electron chi connectivity index (χ3n) is 11.7. The zero-order valence-corrected chi connectivity index (χ0v) is 30.4. The topological polar surface area (TPSA) is 153 Å². The van der Waals surface area contributed by atoms with Gasteiger partial charge in [-0.15, -0.1) is 0 Å². The van der Waals surface area contributed by atoms with E-state index in [1.807, 2.05) is 36.5 Å². The van der Waals surface area contributed by atoms with Crippen molar-refractivity contribution in [3.05, 3.63) is 82.7 Å². The molecule has 3 saturated heterocycles. The van der Waals surface area contributed by atoms with Gasteiger partial charge in [0, 0.05) is 107 Å². The fourth-order valence-electron chi connectivity index (χ4n) is 8.71. The maximum absolute atomic E-state index is 13.4. The van der Waals surface area contributed by atoms with Crippen molar-refractivity contribution in [2.75, 3.05) is 62.2 Å². The number of hydrogen-bond donors (Lipinski definition) is 3. The van der Waals surface area contributed by atoms with E-state index in [1.165, 1.54) is 0 Å². The predicted molar refractivity (Wildman–Crippen MR) is 205 cm³/mol. The number of piperidine rings is 2. The van der Waals surface area contributed by atoms with Crippen molar-refractivity contribution in [1.82, 2.24) is 39.6 Å². The number of pyridine rings is 2. The highest BCUT2D eigenvalue weighted by Gasteiger charge is 2.33. The van der Waals surface area contributed by atoms with Gasteiger partial charge in [-0.25, -0.2) is 9.78 Å². The van der Waals surface area contributed by atoms with Gasteiger partial charge in [-0.2, -0.15) is 0 Å². The van der Waals surface area contributed by atoms with Crippen LogP contribution in [-0.2, 0) is 23.1 Å². The number of aromatic amines is 1. The third-order valence-corrected chi connectivity index (χ3v) is 11.7. The first-order valence-electron chi connectivity index (χ1n) is 19.0. The van der Waals surface area contributed by atoms with Crippen LogP contribution in [0.3, 0.4) is 0 Å². The smallest absolute Gasteiger partial charge is 0.329 e. The minimum Gasteiger partial charge on any atom is -0.370 e. The highest BCUT2D eigenvalue weighted by molar-refractivity contribution is 6.00. The van der Waals surface area contributed by atoms with Gasteiger partial charge in [-0.1, -0.05) is 6.07 Å². The number of benzene rings is 1. The first kappa shape index (κ1) is 34.0. The summed E-state index contributed by atoms with van der Waals surface area (Å²) >= 11 is 0. The standard InChI is InChI=1S/C40H44N10O4/c1-46-37-32(3-2-4-33(37)50(40(46)54)34-6-8-36(51)45-39(34)53)48-15-11-25(12-16-48)24-47-17-19-49(20-18-47)35-7-5-27(23-43-35)30-21-26(9-13-41-30)31-22-28-29(44-31)10-14-42-38(28)52/h2-5,7,9,13,21-23,25,34,44H,6,8,10-12,14-20,24H2,1H3,(H,42,52)(H,45,51,53). The van der Waals surface area contributed by atoms with Crippen LogP contribution in [0.15, 0.2) is 65.7 Å². The molecule has 1 aromatic carbocycles. The van der Waals surface area contributed by atoms with Crippen LogP contribution in [-0.4, -0.2) is 99.1 Å². The first-order chi connectivity index (χ1) is 26.3. The van der Waals surface area contributed by atoms with Crippen LogP contribution in [0.25, 0.3) is 33.5 Å². The summed E-state index contributed by atoms with van der Waals surface area (Å²) in [4.78, 5) is 70.3. The lowest BCUT2D eigenvalue weighted by Crippen LogP contribution is -2.49. The molecule has 4 aliphatic heterocycles. The number of aryl methyl sites for hydroxylation is 1. The Morgan fingerprint density at radius 2 is 1.67 bits per heavy atom. The number of fused-ring (bicyclic) bond motifs is 2. The van der Waals surface area contributed by atoms with E-state index in [1.54, 1.807) is 22.4 Å². The Hall–Kier alpha value is -5.76. The number of H-pyrrole nitrogens is 1. The molecular formula is C40H44N10O4. The molecule has 278 valence electrons. The monoisotopic (exact) mass is 728 g/mol. The van der Waals surface area contributed by atoms with Gasteiger partial charge in [0.2, 0.25) is 11.8 Å². The van der Waals surface area contributed by atoms with Crippen LogP contribution in [0.4, 0.5) is 11.5 Å². The second kappa shape index (κ2) is 13.9. The van der Waals surface area contributed by atoms with E-state index in [0.717, 1.165) is 116 Å². The lowest BCUT2D eigenvalue weighted by Gasteiger charge is -2.39. The number of para-hydroxylation sites is 1. The fraction of sp³-hybridized carbons (Fsp3) is 0.400. The van der Waals surface area contributed by atoms with Gasteiger partial charge in [0.1, 0.15) is 11.9 Å². The fourth-order valence-corrected chi connectivity index (χ4v) is 8.71. The molecule has 4 aliphatic rings. The molecule has 0 aliphatic carbocycles. The van der Waals surface area contributed by atoms with Crippen molar-refractivity contribution < 1.29 is 14.4 Å². The van der Waals surface area contributed by atoms with Gasteiger partial charge in [0.25, 0.3) is 5.91 Å². The lowest BCUT2D eigenvalue weighted by molar-refractivity contribution is -0.135. The molecular weight excluding hydrogens is 685 g/mol. The summed E-state index contributed by atoms with van der Waals surface area (Å²) in [5, 5.41) is 5.30. The first-order valence-corrected chi connectivity index (χ1v) is 19.0. The minimum atomic E-state index is -0.690. The van der Waals surface area contributed by atoms with Gasteiger partial charge in [-0.3, -0.25) is 38.7 Å². The van der Waals surface area contributed by atoms with Crippen LogP contribution >= 0.6 is 0 Å². The molecule has 1 atom stereocenters. The third kappa shape index (κ3) is 6.23. The molecule has 0 spiro atoms. The zero-order chi connectivity index (χ0) is 36.9. The second-order valence-electron chi connectivity index (χ2n) is 15.0. The molecule has 54 heavy (non-hydrogen) atoms. The van der Waals surface area contributed by atoms with Gasteiger partial charge in [0.05, 0.1) is 28.0 Å². The number of amides is 3. The lowest BCUT2D eigenvalue weighted by atomic mass is 9.95. The Morgan fingerprint density at radius 3 is 2.43 bits per heavy atom. The Morgan fingerprint density at radius 1 is 0.833 bits per heavy atom. The van der Waals surface area contributed by atoms with Crippen molar-refractivity contribution in [2.45, 2.75) is 38.1 Å². The molecule has 0 bridgehead atoms. The van der Waals surface area contributed by atoms with Crippen LogP contribution in [0.1, 0.15) is 47.8 Å². The summed E-state index contributed by atoms with van der Waals surface area (Å²) in [7, 11) is 1.77. The largest absolute Gasteiger partial charge is 0.370 e. The molecule has 3 N–H and O–H groups in total. The van der Waals surface area contributed by atoms with Crippen molar-refractivity contribution in [3.8, 4) is 22.5 Å². The SMILES string of the molecule is Cn1c(=O)n(C2CCC(=O)NC2=O)c2cccc(N3CCC(CN4CCN(c5ccc(-c6cc(-c7cc8c([nH]7)CCNC8=O)ccn6)cn5)CC4)CC3)c21. The average Bonchev–Trinajstić information content (AvgIpc) is 3.75. The van der Waals surface area contributed by atoms with Crippen LogP contribution in [0.2, 0.25) is 0 Å². The van der Waals surface area contributed by atoms with Crippen molar-refractivity contribution in [2.24, 2.45) is 13.0 Å². The number of nitrogens with zero attached hydrogens (tertiary/aromatic N) is 7. The van der Waals surface area contributed by atoms with E-state index in [4.69, 9.17) is 4.98 Å². The quantitative estimate of drug-likeness (QED) is 0.215. The predicted octanol–water partition coefficient (Wildman–Crippen LogP) is 3.09. The maximum Gasteiger partial charge on any atom is 0.329 e. The summed E-state index contributed by atoms with van der Waals surface area (Å²) in [6.07, 6.45) is 7.18. The van der Waals surface area contributed by atoms with Crippen LogP contribution < -0.4 is 26.1 Å². The van der Waals surface area contributed by atoms with Crippen molar-refractivity contribution in [1.29, 1.82) is 0 Å². The second-order valence-corrected chi connectivity index (χ2v) is 15.0. The molecule has 14 nitrogen and oxygen atoms in total. The number of aromatic nitrogens is 5. The van der Waals surface area contributed by atoms with Crippen molar-refractivity contribution in [3.63, 3.8) is 0 Å². The van der Waals surface area contributed by atoms with E-state index in [2.05, 4.69) is 53.5 Å². The summed E-state index contributed by atoms with van der Waals surface area (Å²) in [6, 6.07) is 15.3.